The molecule has 1 aromatic rings. The van der Waals surface area contributed by atoms with Crippen LogP contribution >= 0.6 is 12.2 Å². The molecule has 2 aliphatic rings. The summed E-state index contributed by atoms with van der Waals surface area (Å²) in [5.41, 5.74) is 1.43. The molecule has 2 aliphatic heterocycles. The average molecular weight is 335 g/mol. The second kappa shape index (κ2) is 8.62. The molecule has 0 amide bonds. The van der Waals surface area contributed by atoms with Gasteiger partial charge in [-0.1, -0.05) is 30.3 Å². The number of piperidine rings is 1. The number of nitrogens with one attached hydrogen (secondary N) is 3. The molecule has 0 saturated carbocycles. The number of quaternary nitrogens is 1. The largest absolute Gasteiger partial charge is 0.376 e. The fourth-order valence-electron chi connectivity index (χ4n) is 3.48. The Labute approximate surface area is 144 Å². The van der Waals surface area contributed by atoms with E-state index >= 15 is 0 Å². The van der Waals surface area contributed by atoms with Gasteiger partial charge < -0.3 is 20.3 Å². The monoisotopic (exact) mass is 334 g/mol. The molecule has 3 N–H and O–H groups in total. The molecule has 0 radical (unpaired) electrons. The van der Waals surface area contributed by atoms with E-state index in [4.69, 9.17) is 17.0 Å². The topological polar surface area (TPSA) is 37.7 Å². The number of benzene rings is 1. The van der Waals surface area contributed by atoms with Gasteiger partial charge in [-0.15, -0.1) is 0 Å². The van der Waals surface area contributed by atoms with Crippen molar-refractivity contribution in [2.75, 3.05) is 26.2 Å². The van der Waals surface area contributed by atoms with E-state index in [1.54, 1.807) is 4.90 Å². The zero-order valence-corrected chi connectivity index (χ0v) is 14.5. The highest BCUT2D eigenvalue weighted by Crippen LogP contribution is 2.10. The number of ether oxygens (including phenoxy) is 1. The first kappa shape index (κ1) is 16.7. The van der Waals surface area contributed by atoms with Crippen LogP contribution in [-0.4, -0.2) is 43.5 Å². The lowest BCUT2D eigenvalue weighted by atomic mass is 10.0. The predicted octanol–water partition coefficient (Wildman–Crippen LogP) is 0.877. The van der Waals surface area contributed by atoms with Crippen LogP contribution in [0.1, 0.15) is 31.2 Å². The lowest BCUT2D eigenvalue weighted by Crippen LogP contribution is -3.12. The minimum Gasteiger partial charge on any atom is -0.376 e. The maximum absolute atomic E-state index is 5.61. The molecular weight excluding hydrogens is 306 g/mol. The number of rotatable bonds is 5. The molecule has 4 nitrogen and oxygen atoms in total. The summed E-state index contributed by atoms with van der Waals surface area (Å²) in [6.07, 6.45) is 5.03. The Kier molecular flexibility index (Phi) is 6.25. The Morgan fingerprint density at radius 2 is 1.96 bits per heavy atom. The van der Waals surface area contributed by atoms with Crippen LogP contribution in [0.3, 0.4) is 0 Å². The van der Waals surface area contributed by atoms with Crippen LogP contribution < -0.4 is 15.5 Å². The first-order valence-corrected chi connectivity index (χ1v) is 9.24. The summed E-state index contributed by atoms with van der Waals surface area (Å²) in [6.45, 7) is 5.29. The Morgan fingerprint density at radius 1 is 1.17 bits per heavy atom. The van der Waals surface area contributed by atoms with Crippen LogP contribution in [0.5, 0.6) is 0 Å². The summed E-state index contributed by atoms with van der Waals surface area (Å²) in [7, 11) is 0. The van der Waals surface area contributed by atoms with Crippen molar-refractivity contribution >= 4 is 17.3 Å². The fraction of sp³-hybridized carbons (Fsp3) is 0.611. The molecule has 2 saturated heterocycles. The second-order valence-corrected chi connectivity index (χ2v) is 7.08. The molecule has 23 heavy (non-hydrogen) atoms. The summed E-state index contributed by atoms with van der Waals surface area (Å²) in [5, 5.41) is 7.58. The number of likely N-dealkylation sites (tertiary alicyclic amines) is 1. The summed E-state index contributed by atoms with van der Waals surface area (Å²) in [5.74, 6) is 0. The lowest BCUT2D eigenvalue weighted by Gasteiger charge is -2.30. The van der Waals surface area contributed by atoms with Gasteiger partial charge in [0.15, 0.2) is 5.11 Å². The molecule has 0 bridgehead atoms. The van der Waals surface area contributed by atoms with Crippen LogP contribution in [0.2, 0.25) is 0 Å². The van der Waals surface area contributed by atoms with Crippen LogP contribution in [0.25, 0.3) is 0 Å². The van der Waals surface area contributed by atoms with E-state index in [1.165, 1.54) is 37.9 Å². The molecule has 1 atom stereocenters. The molecule has 0 aromatic heterocycles. The zero-order chi connectivity index (χ0) is 15.9. The third kappa shape index (κ3) is 5.44. The maximum atomic E-state index is 5.61. The Bertz CT molecular complexity index is 482. The molecule has 1 aromatic carbocycles. The molecule has 0 unspecified atom stereocenters. The van der Waals surface area contributed by atoms with E-state index in [1.807, 2.05) is 0 Å². The first-order valence-electron chi connectivity index (χ1n) is 8.83. The van der Waals surface area contributed by atoms with E-state index in [9.17, 15) is 0 Å². The van der Waals surface area contributed by atoms with Gasteiger partial charge in [0.25, 0.3) is 0 Å². The van der Waals surface area contributed by atoms with Crippen molar-refractivity contribution in [1.29, 1.82) is 0 Å². The first-order chi connectivity index (χ1) is 11.3. The quantitative estimate of drug-likeness (QED) is 0.699. The zero-order valence-electron chi connectivity index (χ0n) is 13.7. The molecule has 5 heteroatoms. The standard InChI is InChI=1S/C18H27N3OS/c23-18(19-13-17-7-4-12-22-17)20-16-8-10-21(11-9-16)14-15-5-2-1-3-6-15/h1-3,5-6,16-17H,4,7-14H2,(H2,19,20,23)/p+1/t17-/m0/s1. The SMILES string of the molecule is S=C(NC[C@@H]1CCCO1)NC1CC[NH+](Cc2ccccc2)CC1. The minimum atomic E-state index is 0.340. The summed E-state index contributed by atoms with van der Waals surface area (Å²) in [6, 6.07) is 11.3. The minimum absolute atomic E-state index is 0.340. The fourth-order valence-corrected chi connectivity index (χ4v) is 3.73. The van der Waals surface area contributed by atoms with Gasteiger partial charge in [-0.3, -0.25) is 0 Å². The smallest absolute Gasteiger partial charge is 0.166 e. The van der Waals surface area contributed by atoms with Crippen molar-refractivity contribution in [1.82, 2.24) is 10.6 Å². The van der Waals surface area contributed by atoms with Crippen molar-refractivity contribution in [3.8, 4) is 0 Å². The summed E-state index contributed by atoms with van der Waals surface area (Å²) in [4.78, 5) is 1.67. The van der Waals surface area contributed by atoms with Crippen LogP contribution in [0.4, 0.5) is 0 Å². The predicted molar refractivity (Wildman–Crippen MR) is 96.6 cm³/mol. The van der Waals surface area contributed by atoms with Crippen LogP contribution in [-0.2, 0) is 11.3 Å². The number of hydrogen-bond acceptors (Lipinski definition) is 2. The van der Waals surface area contributed by atoms with Crippen molar-refractivity contribution < 1.29 is 9.64 Å². The van der Waals surface area contributed by atoms with Crippen LogP contribution in [0.15, 0.2) is 30.3 Å². The van der Waals surface area contributed by atoms with Gasteiger partial charge in [0.2, 0.25) is 0 Å². The second-order valence-electron chi connectivity index (χ2n) is 6.68. The van der Waals surface area contributed by atoms with Crippen molar-refractivity contribution in [2.45, 2.75) is 44.4 Å². The molecule has 0 aliphatic carbocycles. The van der Waals surface area contributed by atoms with E-state index < -0.39 is 0 Å². The average Bonchev–Trinajstić information content (AvgIpc) is 3.09. The van der Waals surface area contributed by atoms with Gasteiger partial charge in [0.1, 0.15) is 6.54 Å². The van der Waals surface area contributed by atoms with Gasteiger partial charge in [0.05, 0.1) is 19.2 Å². The number of hydrogen-bond donors (Lipinski definition) is 3. The van der Waals surface area contributed by atoms with E-state index in [0.29, 0.717) is 12.1 Å². The maximum Gasteiger partial charge on any atom is 0.166 e. The molecule has 2 fully saturated rings. The van der Waals surface area contributed by atoms with Gasteiger partial charge in [-0.25, -0.2) is 0 Å². The highest BCUT2D eigenvalue weighted by molar-refractivity contribution is 7.80. The van der Waals surface area contributed by atoms with Gasteiger partial charge in [-0.05, 0) is 25.1 Å². The highest BCUT2D eigenvalue weighted by atomic mass is 32.1. The van der Waals surface area contributed by atoms with Gasteiger partial charge in [-0.2, -0.15) is 0 Å². The number of thiocarbonyl (C=S) groups is 1. The van der Waals surface area contributed by atoms with Gasteiger partial charge >= 0.3 is 0 Å². The van der Waals surface area contributed by atoms with E-state index in [0.717, 1.165) is 31.2 Å². The van der Waals surface area contributed by atoms with E-state index in [2.05, 4.69) is 41.0 Å². The lowest BCUT2D eigenvalue weighted by molar-refractivity contribution is -0.918. The van der Waals surface area contributed by atoms with Crippen molar-refractivity contribution in [2.24, 2.45) is 0 Å². The summed E-state index contributed by atoms with van der Waals surface area (Å²) >= 11 is 5.42. The Hall–Kier alpha value is -1.17. The van der Waals surface area contributed by atoms with Crippen molar-refractivity contribution in [3.05, 3.63) is 35.9 Å². The molecular formula is C18H28N3OS+. The third-order valence-electron chi connectivity index (χ3n) is 4.84. The molecule has 0 spiro atoms. The molecule has 3 rings (SSSR count). The summed E-state index contributed by atoms with van der Waals surface area (Å²) < 4.78 is 5.61. The molecule has 126 valence electrons. The molecule has 2 heterocycles. The normalized spacial score (nSPS) is 27.6. The Balaban J connectivity index is 1.33. The highest BCUT2D eigenvalue weighted by Gasteiger charge is 2.23. The third-order valence-corrected chi connectivity index (χ3v) is 5.10. The Morgan fingerprint density at radius 3 is 2.65 bits per heavy atom. The van der Waals surface area contributed by atoms with Crippen molar-refractivity contribution in [3.63, 3.8) is 0 Å². The van der Waals surface area contributed by atoms with E-state index in [-0.39, 0.29) is 0 Å². The van der Waals surface area contributed by atoms with Gasteiger partial charge in [0, 0.05) is 37.6 Å². The van der Waals surface area contributed by atoms with Crippen LogP contribution in [0, 0.1) is 0 Å².